The molecule has 0 aliphatic rings. The highest BCUT2D eigenvalue weighted by atomic mass is 35.5. The van der Waals surface area contributed by atoms with Crippen molar-refractivity contribution in [1.29, 1.82) is 0 Å². The highest BCUT2D eigenvalue weighted by Gasteiger charge is 2.22. The van der Waals surface area contributed by atoms with Gasteiger partial charge < -0.3 is 20.2 Å². The largest absolute Gasteiger partial charge is 0.467 e. The summed E-state index contributed by atoms with van der Waals surface area (Å²) in [4.78, 5) is 11.9. The van der Waals surface area contributed by atoms with Crippen LogP contribution in [0.5, 0.6) is 0 Å². The molecule has 0 aliphatic heterocycles. The SMILES string of the molecule is COC(C)(C)CC(C)NC(=O)c1coc(CN)c1.Cl. The zero-order valence-corrected chi connectivity index (χ0v) is 12.7. The van der Waals surface area contributed by atoms with Crippen LogP contribution in [0.3, 0.4) is 0 Å². The fourth-order valence-corrected chi connectivity index (χ4v) is 1.79. The number of ether oxygens (including phenoxy) is 1. The van der Waals surface area contributed by atoms with Gasteiger partial charge >= 0.3 is 0 Å². The molecule has 1 heterocycles. The van der Waals surface area contributed by atoms with Gasteiger partial charge in [0.05, 0.1) is 17.7 Å². The average Bonchev–Trinajstić information content (AvgIpc) is 2.76. The lowest BCUT2D eigenvalue weighted by Crippen LogP contribution is -2.38. The van der Waals surface area contributed by atoms with Gasteiger partial charge in [0, 0.05) is 13.2 Å². The highest BCUT2D eigenvalue weighted by Crippen LogP contribution is 2.16. The zero-order valence-electron chi connectivity index (χ0n) is 11.9. The Labute approximate surface area is 120 Å². The number of carbonyl (C=O) groups excluding carboxylic acids is 1. The van der Waals surface area contributed by atoms with Crippen molar-refractivity contribution in [3.8, 4) is 0 Å². The van der Waals surface area contributed by atoms with Crippen molar-refractivity contribution in [3.63, 3.8) is 0 Å². The highest BCUT2D eigenvalue weighted by molar-refractivity contribution is 5.94. The number of hydrogen-bond acceptors (Lipinski definition) is 4. The molecule has 1 amide bonds. The Morgan fingerprint density at radius 3 is 2.68 bits per heavy atom. The Morgan fingerprint density at radius 1 is 1.58 bits per heavy atom. The van der Waals surface area contributed by atoms with Crippen LogP contribution >= 0.6 is 12.4 Å². The number of carbonyl (C=O) groups is 1. The second kappa shape index (κ2) is 7.53. The molecular weight excluding hydrogens is 268 g/mol. The molecule has 0 radical (unpaired) electrons. The molecule has 1 unspecified atom stereocenters. The second-order valence-corrected chi connectivity index (χ2v) is 5.05. The number of halogens is 1. The fourth-order valence-electron chi connectivity index (χ4n) is 1.79. The van der Waals surface area contributed by atoms with E-state index in [2.05, 4.69) is 5.32 Å². The van der Waals surface area contributed by atoms with Crippen molar-refractivity contribution in [1.82, 2.24) is 5.32 Å². The van der Waals surface area contributed by atoms with Crippen LogP contribution in [-0.4, -0.2) is 24.7 Å². The molecule has 19 heavy (non-hydrogen) atoms. The van der Waals surface area contributed by atoms with Crippen LogP contribution in [0.4, 0.5) is 0 Å². The first-order valence-electron chi connectivity index (χ1n) is 6.01. The van der Waals surface area contributed by atoms with Gasteiger partial charge in [-0.1, -0.05) is 0 Å². The van der Waals surface area contributed by atoms with E-state index in [9.17, 15) is 4.79 Å². The molecule has 1 atom stereocenters. The smallest absolute Gasteiger partial charge is 0.254 e. The van der Waals surface area contributed by atoms with Gasteiger partial charge in [0.15, 0.2) is 0 Å². The van der Waals surface area contributed by atoms with E-state index in [-0.39, 0.29) is 30.0 Å². The maximum Gasteiger partial charge on any atom is 0.254 e. The summed E-state index contributed by atoms with van der Waals surface area (Å²) in [5.74, 6) is 0.447. The number of nitrogens with one attached hydrogen (secondary N) is 1. The predicted molar refractivity (Wildman–Crippen MR) is 76.5 cm³/mol. The van der Waals surface area contributed by atoms with E-state index in [4.69, 9.17) is 14.9 Å². The van der Waals surface area contributed by atoms with Gasteiger partial charge in [-0.15, -0.1) is 12.4 Å². The number of rotatable bonds is 6. The third-order valence-corrected chi connectivity index (χ3v) is 2.84. The Hall–Kier alpha value is -1.04. The van der Waals surface area contributed by atoms with Crippen molar-refractivity contribution < 1.29 is 13.9 Å². The molecule has 6 heteroatoms. The molecule has 110 valence electrons. The minimum absolute atomic E-state index is 0. The quantitative estimate of drug-likeness (QED) is 0.841. The van der Waals surface area contributed by atoms with E-state index in [1.54, 1.807) is 13.2 Å². The molecule has 0 spiro atoms. The minimum Gasteiger partial charge on any atom is -0.467 e. The van der Waals surface area contributed by atoms with Gasteiger partial charge in [-0.2, -0.15) is 0 Å². The monoisotopic (exact) mass is 290 g/mol. The van der Waals surface area contributed by atoms with Crippen LogP contribution in [0.25, 0.3) is 0 Å². The fraction of sp³-hybridized carbons (Fsp3) is 0.615. The second-order valence-electron chi connectivity index (χ2n) is 5.05. The van der Waals surface area contributed by atoms with Crippen molar-refractivity contribution in [2.75, 3.05) is 7.11 Å². The summed E-state index contributed by atoms with van der Waals surface area (Å²) in [6, 6.07) is 1.67. The summed E-state index contributed by atoms with van der Waals surface area (Å²) in [7, 11) is 1.66. The van der Waals surface area contributed by atoms with Crippen molar-refractivity contribution in [2.45, 2.75) is 45.4 Å². The van der Waals surface area contributed by atoms with Crippen LogP contribution < -0.4 is 11.1 Å². The van der Waals surface area contributed by atoms with Crippen molar-refractivity contribution in [3.05, 3.63) is 23.7 Å². The summed E-state index contributed by atoms with van der Waals surface area (Å²) in [6.07, 6.45) is 2.16. The van der Waals surface area contributed by atoms with Crippen molar-refractivity contribution in [2.24, 2.45) is 5.73 Å². The van der Waals surface area contributed by atoms with Gasteiger partial charge in [-0.25, -0.2) is 0 Å². The van der Waals surface area contributed by atoms with E-state index in [1.165, 1.54) is 6.26 Å². The van der Waals surface area contributed by atoms with Crippen LogP contribution in [0.1, 0.15) is 43.3 Å². The van der Waals surface area contributed by atoms with Gasteiger partial charge in [-0.3, -0.25) is 4.79 Å². The summed E-state index contributed by atoms with van der Waals surface area (Å²) < 4.78 is 10.5. The summed E-state index contributed by atoms with van der Waals surface area (Å²) in [5, 5.41) is 2.90. The third-order valence-electron chi connectivity index (χ3n) is 2.84. The van der Waals surface area contributed by atoms with Crippen LogP contribution in [0, 0.1) is 0 Å². The molecule has 0 bridgehead atoms. The molecule has 1 aromatic heterocycles. The van der Waals surface area contributed by atoms with Crippen LogP contribution in [0.15, 0.2) is 16.7 Å². The topological polar surface area (TPSA) is 77.5 Å². The van der Waals surface area contributed by atoms with Crippen molar-refractivity contribution >= 4 is 18.3 Å². The molecular formula is C13H23ClN2O3. The number of nitrogens with two attached hydrogens (primary N) is 1. The Balaban J connectivity index is 0.00000324. The van der Waals surface area contributed by atoms with Crippen LogP contribution in [-0.2, 0) is 11.3 Å². The van der Waals surface area contributed by atoms with Crippen LogP contribution in [0.2, 0.25) is 0 Å². The first-order valence-corrected chi connectivity index (χ1v) is 6.01. The Bertz CT molecular complexity index is 404. The molecule has 0 aromatic carbocycles. The lowest BCUT2D eigenvalue weighted by atomic mass is 10.00. The lowest BCUT2D eigenvalue weighted by Gasteiger charge is -2.26. The maximum atomic E-state index is 11.9. The van der Waals surface area contributed by atoms with E-state index in [0.717, 1.165) is 6.42 Å². The molecule has 5 nitrogen and oxygen atoms in total. The predicted octanol–water partition coefficient (Wildman–Crippen LogP) is 2.09. The molecule has 0 saturated heterocycles. The summed E-state index contributed by atoms with van der Waals surface area (Å²) in [6.45, 7) is 6.21. The molecule has 1 rings (SSSR count). The summed E-state index contributed by atoms with van der Waals surface area (Å²) >= 11 is 0. The zero-order chi connectivity index (χ0) is 13.8. The Kier molecular flexibility index (Phi) is 7.11. The summed E-state index contributed by atoms with van der Waals surface area (Å²) in [5.41, 5.74) is 5.66. The third kappa shape index (κ3) is 5.63. The molecule has 0 aliphatic carbocycles. The number of hydrogen-bond donors (Lipinski definition) is 2. The van der Waals surface area contributed by atoms with E-state index in [0.29, 0.717) is 17.9 Å². The first-order chi connectivity index (χ1) is 8.38. The van der Waals surface area contributed by atoms with E-state index in [1.807, 2.05) is 20.8 Å². The lowest BCUT2D eigenvalue weighted by molar-refractivity contribution is 0.00885. The standard InChI is InChI=1S/C13H22N2O3.ClH/c1-9(6-13(2,3)17-4)15-12(16)10-5-11(7-14)18-8-10;/h5,8-9H,6-7,14H2,1-4H3,(H,15,16);1H. The normalized spacial score (nSPS) is 12.7. The molecule has 3 N–H and O–H groups in total. The molecule has 1 aromatic rings. The van der Waals surface area contributed by atoms with Gasteiger partial charge in [-0.05, 0) is 33.3 Å². The number of amides is 1. The van der Waals surface area contributed by atoms with Gasteiger partial charge in [0.1, 0.15) is 12.0 Å². The van der Waals surface area contributed by atoms with E-state index < -0.39 is 0 Å². The average molecular weight is 291 g/mol. The van der Waals surface area contributed by atoms with Gasteiger partial charge in [0.25, 0.3) is 5.91 Å². The molecule has 0 saturated carbocycles. The molecule has 0 fully saturated rings. The number of methoxy groups -OCH3 is 1. The Morgan fingerprint density at radius 2 is 2.21 bits per heavy atom. The van der Waals surface area contributed by atoms with Gasteiger partial charge in [0.2, 0.25) is 0 Å². The maximum absolute atomic E-state index is 11.9. The minimum atomic E-state index is -0.258. The first kappa shape index (κ1) is 18.0. The number of furan rings is 1. The van der Waals surface area contributed by atoms with E-state index >= 15 is 0 Å².